The average Bonchev–Trinajstić information content (AvgIpc) is 3.45. The van der Waals surface area contributed by atoms with E-state index in [1.165, 1.54) is 47.8 Å². The minimum atomic E-state index is -3.72. The van der Waals surface area contributed by atoms with Gasteiger partial charge in [-0.15, -0.1) is 0 Å². The van der Waals surface area contributed by atoms with Gasteiger partial charge in [-0.1, -0.05) is 17.7 Å². The summed E-state index contributed by atoms with van der Waals surface area (Å²) in [7, 11) is -2.38. The van der Waals surface area contributed by atoms with Crippen molar-refractivity contribution in [1.82, 2.24) is 4.31 Å². The number of sulfonamides is 1. The van der Waals surface area contributed by atoms with Gasteiger partial charge in [-0.2, -0.15) is 13.1 Å². The Kier molecular flexibility index (Phi) is 5.88. The Hall–Kier alpha value is -1.90. The number of alkyl halides is 2. The molecule has 9 heteroatoms. The van der Waals surface area contributed by atoms with Gasteiger partial charge < -0.3 is 9.47 Å². The monoisotopic (exact) mass is 417 g/mol. The van der Waals surface area contributed by atoms with E-state index in [9.17, 15) is 17.2 Å². The van der Waals surface area contributed by atoms with Crippen molar-refractivity contribution in [3.05, 3.63) is 53.1 Å². The molecule has 5 nitrogen and oxygen atoms in total. The molecule has 1 saturated carbocycles. The Morgan fingerprint density at radius 1 is 1.15 bits per heavy atom. The van der Waals surface area contributed by atoms with Crippen LogP contribution in [0.15, 0.2) is 47.4 Å². The highest BCUT2D eigenvalue weighted by atomic mass is 35.5. The van der Waals surface area contributed by atoms with Crippen LogP contribution in [0.4, 0.5) is 8.78 Å². The summed E-state index contributed by atoms with van der Waals surface area (Å²) in [5.41, 5.74) is 0.609. The molecule has 1 aliphatic carbocycles. The standard InChI is InChI=1S/C18H18ClF2NO4S/c1-25-17-10-12(2-9-16(17)26-18(20)21)11-22(14-5-6-14)27(23,24)15-7-3-13(19)4-8-15/h2-4,7-10,14,18H,5-6,11H2,1H3. The maximum atomic E-state index is 13.0. The van der Waals surface area contributed by atoms with Crippen LogP contribution in [0.1, 0.15) is 18.4 Å². The first-order valence-corrected chi connectivity index (χ1v) is 10.0. The molecule has 0 amide bonds. The molecule has 0 heterocycles. The molecule has 0 saturated heterocycles. The summed E-state index contributed by atoms with van der Waals surface area (Å²) in [6, 6.07) is 10.3. The van der Waals surface area contributed by atoms with Crippen LogP contribution in [-0.4, -0.2) is 32.5 Å². The third-order valence-electron chi connectivity index (χ3n) is 4.16. The van der Waals surface area contributed by atoms with Crippen molar-refractivity contribution in [3.8, 4) is 11.5 Å². The van der Waals surface area contributed by atoms with Gasteiger partial charge in [0.2, 0.25) is 10.0 Å². The van der Waals surface area contributed by atoms with Crippen LogP contribution in [0.25, 0.3) is 0 Å². The van der Waals surface area contributed by atoms with Gasteiger partial charge in [0.25, 0.3) is 0 Å². The predicted octanol–water partition coefficient (Wildman–Crippen LogP) is 4.30. The molecule has 0 spiro atoms. The van der Waals surface area contributed by atoms with E-state index in [-0.39, 0.29) is 29.0 Å². The molecule has 0 unspecified atom stereocenters. The van der Waals surface area contributed by atoms with Crippen molar-refractivity contribution in [1.29, 1.82) is 0 Å². The zero-order valence-corrected chi connectivity index (χ0v) is 16.0. The number of methoxy groups -OCH3 is 1. The topological polar surface area (TPSA) is 55.8 Å². The van der Waals surface area contributed by atoms with Gasteiger partial charge >= 0.3 is 6.61 Å². The SMILES string of the molecule is COc1cc(CN(C2CC2)S(=O)(=O)c2ccc(Cl)cc2)ccc1OC(F)F. The highest BCUT2D eigenvalue weighted by molar-refractivity contribution is 7.89. The minimum absolute atomic E-state index is 0.0892. The zero-order chi connectivity index (χ0) is 19.6. The lowest BCUT2D eigenvalue weighted by Crippen LogP contribution is -2.32. The van der Waals surface area contributed by atoms with E-state index in [1.54, 1.807) is 6.07 Å². The van der Waals surface area contributed by atoms with Crippen LogP contribution in [0.3, 0.4) is 0 Å². The van der Waals surface area contributed by atoms with Gasteiger partial charge in [-0.3, -0.25) is 0 Å². The fourth-order valence-corrected chi connectivity index (χ4v) is 4.50. The first-order valence-electron chi connectivity index (χ1n) is 8.20. The van der Waals surface area contributed by atoms with Crippen LogP contribution < -0.4 is 9.47 Å². The molecule has 0 atom stereocenters. The first-order chi connectivity index (χ1) is 12.8. The van der Waals surface area contributed by atoms with Crippen molar-refractivity contribution in [3.63, 3.8) is 0 Å². The third-order valence-corrected chi connectivity index (χ3v) is 6.32. The number of ether oxygens (including phenoxy) is 2. The summed E-state index contributed by atoms with van der Waals surface area (Å²) >= 11 is 5.84. The van der Waals surface area contributed by atoms with Gasteiger partial charge in [0.15, 0.2) is 11.5 Å². The fraction of sp³-hybridized carbons (Fsp3) is 0.333. The second kappa shape index (κ2) is 8.00. The molecule has 0 bridgehead atoms. The summed E-state index contributed by atoms with van der Waals surface area (Å²) in [5.74, 6) is 0.0159. The van der Waals surface area contributed by atoms with Crippen molar-refractivity contribution in [2.24, 2.45) is 0 Å². The maximum absolute atomic E-state index is 13.0. The lowest BCUT2D eigenvalue weighted by atomic mass is 10.2. The molecule has 0 N–H and O–H groups in total. The van der Waals surface area contributed by atoms with Crippen LogP contribution in [0.2, 0.25) is 5.02 Å². The van der Waals surface area contributed by atoms with Crippen LogP contribution in [0, 0.1) is 0 Å². The molecular weight excluding hydrogens is 400 g/mol. The van der Waals surface area contributed by atoms with Crippen LogP contribution in [-0.2, 0) is 16.6 Å². The lowest BCUT2D eigenvalue weighted by Gasteiger charge is -2.22. The number of halogens is 3. The molecule has 1 aliphatic rings. The van der Waals surface area contributed by atoms with Crippen LogP contribution in [0.5, 0.6) is 11.5 Å². The first kappa shape index (κ1) is 19.9. The molecule has 27 heavy (non-hydrogen) atoms. The molecule has 146 valence electrons. The Labute approximate surface area is 161 Å². The summed E-state index contributed by atoms with van der Waals surface area (Å²) in [4.78, 5) is 0.156. The van der Waals surface area contributed by atoms with Crippen molar-refractivity contribution < 1.29 is 26.7 Å². The quantitative estimate of drug-likeness (QED) is 0.642. The maximum Gasteiger partial charge on any atom is 0.387 e. The van der Waals surface area contributed by atoms with E-state index in [2.05, 4.69) is 4.74 Å². The molecule has 2 aromatic carbocycles. The Balaban J connectivity index is 1.88. The Morgan fingerprint density at radius 3 is 2.37 bits per heavy atom. The van der Waals surface area contributed by atoms with Gasteiger partial charge in [0.05, 0.1) is 12.0 Å². The highest BCUT2D eigenvalue weighted by Gasteiger charge is 2.38. The molecule has 0 aliphatic heterocycles. The molecule has 0 aromatic heterocycles. The zero-order valence-electron chi connectivity index (χ0n) is 14.4. The fourth-order valence-electron chi connectivity index (χ4n) is 2.70. The average molecular weight is 418 g/mol. The number of rotatable bonds is 8. The number of hydrogen-bond donors (Lipinski definition) is 0. The second-order valence-corrected chi connectivity index (χ2v) is 8.43. The predicted molar refractivity (Wildman–Crippen MR) is 96.8 cm³/mol. The highest BCUT2D eigenvalue weighted by Crippen LogP contribution is 2.35. The van der Waals surface area contributed by atoms with E-state index in [4.69, 9.17) is 16.3 Å². The van der Waals surface area contributed by atoms with E-state index < -0.39 is 16.6 Å². The Bertz CT molecular complexity index is 902. The summed E-state index contributed by atoms with van der Waals surface area (Å²) < 4.78 is 61.9. The third kappa shape index (κ3) is 4.69. The smallest absolute Gasteiger partial charge is 0.387 e. The molecule has 1 fully saturated rings. The molecule has 3 rings (SSSR count). The van der Waals surface area contributed by atoms with Gasteiger partial charge in [0.1, 0.15) is 0 Å². The van der Waals surface area contributed by atoms with E-state index >= 15 is 0 Å². The molecular formula is C18H18ClF2NO4S. The van der Waals surface area contributed by atoms with E-state index in [0.717, 1.165) is 12.8 Å². The summed E-state index contributed by atoms with van der Waals surface area (Å²) in [6.45, 7) is -2.88. The largest absolute Gasteiger partial charge is 0.493 e. The van der Waals surface area contributed by atoms with Crippen molar-refractivity contribution >= 4 is 21.6 Å². The lowest BCUT2D eigenvalue weighted by molar-refractivity contribution is -0.0512. The second-order valence-electron chi connectivity index (χ2n) is 6.10. The van der Waals surface area contributed by atoms with Crippen molar-refractivity contribution in [2.75, 3.05) is 7.11 Å². The van der Waals surface area contributed by atoms with E-state index in [1.807, 2.05) is 0 Å². The molecule has 0 radical (unpaired) electrons. The van der Waals surface area contributed by atoms with Crippen LogP contribution >= 0.6 is 11.6 Å². The summed E-state index contributed by atoms with van der Waals surface area (Å²) in [5, 5.41) is 0.450. The number of hydrogen-bond acceptors (Lipinski definition) is 4. The summed E-state index contributed by atoms with van der Waals surface area (Å²) in [6.07, 6.45) is 1.55. The van der Waals surface area contributed by atoms with Gasteiger partial charge in [-0.05, 0) is 54.8 Å². The molecule has 2 aromatic rings. The normalized spacial score (nSPS) is 14.6. The Morgan fingerprint density at radius 2 is 1.81 bits per heavy atom. The van der Waals surface area contributed by atoms with Gasteiger partial charge in [-0.25, -0.2) is 8.42 Å². The number of nitrogens with zero attached hydrogens (tertiary/aromatic N) is 1. The van der Waals surface area contributed by atoms with Crippen molar-refractivity contribution in [2.45, 2.75) is 36.9 Å². The number of benzene rings is 2. The minimum Gasteiger partial charge on any atom is -0.493 e. The van der Waals surface area contributed by atoms with Gasteiger partial charge in [0, 0.05) is 17.6 Å². The van der Waals surface area contributed by atoms with E-state index in [0.29, 0.717) is 10.6 Å².